The Bertz CT molecular complexity index is 1450. The molecule has 7 heterocycles. The number of hydrogen-bond acceptors (Lipinski definition) is 9. The first kappa shape index (κ1) is 23.8. The van der Waals surface area contributed by atoms with E-state index in [1.165, 1.54) is 4.52 Å². The lowest BCUT2D eigenvalue weighted by Gasteiger charge is -2.49. The molecule has 10 nitrogen and oxygen atoms in total. The summed E-state index contributed by atoms with van der Waals surface area (Å²) in [7, 11) is 0. The van der Waals surface area contributed by atoms with E-state index in [0.29, 0.717) is 30.9 Å². The fourth-order valence-corrected chi connectivity index (χ4v) is 6.55. The monoisotopic (exact) mass is 518 g/mol. The van der Waals surface area contributed by atoms with Crippen LogP contribution in [0.15, 0.2) is 30.6 Å². The number of anilines is 2. The highest BCUT2D eigenvalue weighted by Crippen LogP contribution is 2.44. The van der Waals surface area contributed by atoms with E-state index in [-0.39, 0.29) is 23.3 Å². The van der Waals surface area contributed by atoms with Crippen LogP contribution in [0.2, 0.25) is 0 Å². The molecule has 11 heteroatoms. The molecule has 0 amide bonds. The number of halogens is 1. The number of morpholine rings is 1. The zero-order valence-electron chi connectivity index (χ0n) is 21.6. The second-order valence-corrected chi connectivity index (χ2v) is 11.6. The molecular weight excluding hydrogens is 487 g/mol. The number of fused-ring (bicyclic) bond motifs is 3. The van der Waals surface area contributed by atoms with Gasteiger partial charge in [-0.15, -0.1) is 0 Å². The van der Waals surface area contributed by atoms with Crippen molar-refractivity contribution >= 4 is 16.9 Å². The molecule has 0 aromatic carbocycles. The number of nitrogens with zero attached hydrogens (tertiary/aromatic N) is 7. The molecule has 7 rings (SSSR count). The van der Waals surface area contributed by atoms with Crippen LogP contribution in [0.5, 0.6) is 0 Å². The van der Waals surface area contributed by atoms with Gasteiger partial charge in [-0.25, -0.2) is 8.91 Å². The summed E-state index contributed by atoms with van der Waals surface area (Å²) in [6.07, 6.45) is 3.04. The summed E-state index contributed by atoms with van der Waals surface area (Å²) < 4.78 is 28.6. The number of pyridine rings is 2. The van der Waals surface area contributed by atoms with Crippen molar-refractivity contribution < 1.29 is 13.9 Å². The van der Waals surface area contributed by atoms with Crippen molar-refractivity contribution in [3.8, 4) is 6.07 Å². The molecule has 2 atom stereocenters. The van der Waals surface area contributed by atoms with Crippen molar-refractivity contribution in [3.63, 3.8) is 0 Å². The van der Waals surface area contributed by atoms with Gasteiger partial charge in [0.05, 0.1) is 48.3 Å². The molecule has 1 spiro atoms. The maximum atomic E-state index is 14.7. The molecular formula is C27H31FN8O2. The largest absolute Gasteiger partial charge is 0.370 e. The van der Waals surface area contributed by atoms with E-state index in [4.69, 9.17) is 20.2 Å². The van der Waals surface area contributed by atoms with Crippen molar-refractivity contribution in [1.29, 1.82) is 5.26 Å². The Labute approximate surface area is 220 Å². The number of aromatic nitrogens is 3. The predicted molar refractivity (Wildman–Crippen MR) is 138 cm³/mol. The number of likely N-dealkylation sites (tertiary alicyclic amines) is 1. The summed E-state index contributed by atoms with van der Waals surface area (Å²) in [5.74, 6) is -0.434. The Balaban J connectivity index is 1.03. The molecule has 3 fully saturated rings. The maximum absolute atomic E-state index is 14.7. The molecule has 38 heavy (non-hydrogen) atoms. The number of hydrogen-bond donors (Lipinski definition) is 1. The fraction of sp³-hybridized carbons (Fsp3) is 0.519. The van der Waals surface area contributed by atoms with Gasteiger partial charge in [-0.3, -0.25) is 9.88 Å². The maximum Gasteiger partial charge on any atom is 0.171 e. The number of rotatable bonds is 4. The lowest BCUT2D eigenvalue weighted by molar-refractivity contribution is -0.157. The molecule has 0 bridgehead atoms. The van der Waals surface area contributed by atoms with Gasteiger partial charge in [-0.2, -0.15) is 10.4 Å². The van der Waals surface area contributed by atoms with Gasteiger partial charge in [0.15, 0.2) is 5.82 Å². The van der Waals surface area contributed by atoms with Crippen molar-refractivity contribution in [3.05, 3.63) is 53.4 Å². The second-order valence-electron chi connectivity index (χ2n) is 11.6. The van der Waals surface area contributed by atoms with Crippen LogP contribution < -0.4 is 15.5 Å². The minimum absolute atomic E-state index is 0.0221. The van der Waals surface area contributed by atoms with Crippen LogP contribution >= 0.6 is 0 Å². The van der Waals surface area contributed by atoms with Gasteiger partial charge in [0.25, 0.3) is 0 Å². The van der Waals surface area contributed by atoms with E-state index in [2.05, 4.69) is 38.9 Å². The van der Waals surface area contributed by atoms with E-state index in [1.807, 2.05) is 19.2 Å². The SMILES string of the molecule is CC1CN(c2ccc(C#N)n3ncc(F)c23)CC(CN2CC3(C2)OCc2cc(N4CC(C)(N)C4)cnc23)O1. The normalized spacial score (nSPS) is 25.8. The van der Waals surface area contributed by atoms with Crippen molar-refractivity contribution in [1.82, 2.24) is 19.5 Å². The van der Waals surface area contributed by atoms with Crippen LogP contribution in [0.3, 0.4) is 0 Å². The molecule has 3 aromatic rings. The van der Waals surface area contributed by atoms with Gasteiger partial charge < -0.3 is 25.0 Å². The number of ether oxygens (including phenoxy) is 2. The molecule has 3 aromatic heterocycles. The summed E-state index contributed by atoms with van der Waals surface area (Å²) in [6.45, 7) is 9.90. The molecule has 2 unspecified atom stereocenters. The molecule has 2 N–H and O–H groups in total. The average Bonchev–Trinajstić information content (AvgIpc) is 3.42. The van der Waals surface area contributed by atoms with E-state index < -0.39 is 5.82 Å². The number of nitrogens with two attached hydrogens (primary N) is 1. The predicted octanol–water partition coefficient (Wildman–Crippen LogP) is 1.61. The molecule has 4 aliphatic rings. The Morgan fingerprint density at radius 3 is 2.76 bits per heavy atom. The van der Waals surface area contributed by atoms with E-state index >= 15 is 0 Å². The van der Waals surface area contributed by atoms with Gasteiger partial charge in [0.1, 0.15) is 22.9 Å². The molecule has 0 saturated carbocycles. The molecule has 198 valence electrons. The van der Waals surface area contributed by atoms with Gasteiger partial charge >= 0.3 is 0 Å². The fourth-order valence-electron chi connectivity index (χ4n) is 6.55. The van der Waals surface area contributed by atoms with Crippen molar-refractivity contribution in [2.24, 2.45) is 5.73 Å². The summed E-state index contributed by atoms with van der Waals surface area (Å²) in [6, 6.07) is 7.78. The second kappa shape index (κ2) is 8.35. The van der Waals surface area contributed by atoms with Gasteiger partial charge in [-0.05, 0) is 32.0 Å². The van der Waals surface area contributed by atoms with Crippen LogP contribution in [0.1, 0.15) is 30.8 Å². The highest BCUT2D eigenvalue weighted by molar-refractivity contribution is 5.74. The highest BCUT2D eigenvalue weighted by Gasteiger charge is 2.52. The van der Waals surface area contributed by atoms with E-state index in [1.54, 1.807) is 6.07 Å². The summed E-state index contributed by atoms with van der Waals surface area (Å²) in [5, 5.41) is 13.5. The van der Waals surface area contributed by atoms with Crippen LogP contribution in [0, 0.1) is 17.1 Å². The van der Waals surface area contributed by atoms with Gasteiger partial charge in [-0.1, -0.05) is 0 Å². The Kier molecular flexibility index (Phi) is 5.23. The first-order chi connectivity index (χ1) is 18.2. The lowest BCUT2D eigenvalue weighted by atomic mass is 9.88. The van der Waals surface area contributed by atoms with Crippen LogP contribution in [0.4, 0.5) is 15.8 Å². The minimum atomic E-state index is -0.434. The van der Waals surface area contributed by atoms with Crippen LogP contribution in [-0.4, -0.2) is 83.1 Å². The van der Waals surface area contributed by atoms with Crippen LogP contribution in [0.25, 0.3) is 5.52 Å². The third-order valence-corrected chi connectivity index (χ3v) is 8.15. The molecule has 0 radical (unpaired) electrons. The third kappa shape index (κ3) is 3.74. The number of nitriles is 1. The van der Waals surface area contributed by atoms with Gasteiger partial charge in [0.2, 0.25) is 0 Å². The highest BCUT2D eigenvalue weighted by atomic mass is 19.1. The minimum Gasteiger partial charge on any atom is -0.370 e. The quantitative estimate of drug-likeness (QED) is 0.551. The molecule has 3 saturated heterocycles. The van der Waals surface area contributed by atoms with Gasteiger partial charge in [0, 0.05) is 56.9 Å². The van der Waals surface area contributed by atoms with Crippen LogP contribution in [-0.2, 0) is 21.7 Å². The zero-order chi connectivity index (χ0) is 26.2. The van der Waals surface area contributed by atoms with Crippen molar-refractivity contribution in [2.45, 2.75) is 43.8 Å². The smallest absolute Gasteiger partial charge is 0.171 e. The van der Waals surface area contributed by atoms with E-state index in [0.717, 1.165) is 61.6 Å². The average molecular weight is 519 g/mol. The summed E-state index contributed by atoms with van der Waals surface area (Å²) >= 11 is 0. The lowest BCUT2D eigenvalue weighted by Crippen LogP contribution is -2.65. The molecule has 4 aliphatic heterocycles. The Morgan fingerprint density at radius 2 is 2.00 bits per heavy atom. The molecule has 0 aliphatic carbocycles. The summed E-state index contributed by atoms with van der Waals surface area (Å²) in [5.41, 5.74) is 10.4. The third-order valence-electron chi connectivity index (χ3n) is 8.15. The Morgan fingerprint density at radius 1 is 1.18 bits per heavy atom. The first-order valence-corrected chi connectivity index (χ1v) is 13.1. The topological polar surface area (TPSA) is 108 Å². The van der Waals surface area contributed by atoms with Crippen molar-refractivity contribution in [2.75, 3.05) is 55.6 Å². The zero-order valence-corrected chi connectivity index (χ0v) is 21.6. The standard InChI is InChI=1S/C27H31FN8O2/c1-17-9-34(23-4-3-19(6-29)36-24(23)22(28)8-32-36)11-21(38-17)10-33-15-27(16-33)25-18(12-37-27)5-20(7-31-25)35-13-26(2,30)14-35/h3-5,7-8,17,21H,9-16,30H2,1-2H3. The Hall–Kier alpha value is -3.30. The summed E-state index contributed by atoms with van der Waals surface area (Å²) in [4.78, 5) is 11.6. The first-order valence-electron chi connectivity index (χ1n) is 13.1. The van der Waals surface area contributed by atoms with E-state index in [9.17, 15) is 9.65 Å².